The third-order valence-electron chi connectivity index (χ3n) is 3.95. The highest BCUT2D eigenvalue weighted by Crippen LogP contribution is 2.30. The molecular formula is C20H23N3O2S. The molecule has 5 nitrogen and oxygen atoms in total. The van der Waals surface area contributed by atoms with Crippen molar-refractivity contribution in [2.24, 2.45) is 0 Å². The number of para-hydroxylation sites is 1. The molecule has 26 heavy (non-hydrogen) atoms. The third-order valence-corrected chi connectivity index (χ3v) is 4.88. The van der Waals surface area contributed by atoms with Gasteiger partial charge < -0.3 is 14.0 Å². The van der Waals surface area contributed by atoms with Crippen molar-refractivity contribution in [3.05, 3.63) is 54.1 Å². The zero-order valence-electron chi connectivity index (χ0n) is 15.3. The van der Waals surface area contributed by atoms with Crippen LogP contribution in [-0.4, -0.2) is 34.2 Å². The summed E-state index contributed by atoms with van der Waals surface area (Å²) in [6.45, 7) is 5.57. The molecule has 0 bridgehead atoms. The Morgan fingerprint density at radius 1 is 1.08 bits per heavy atom. The van der Waals surface area contributed by atoms with Crippen molar-refractivity contribution in [1.29, 1.82) is 0 Å². The number of methoxy groups -OCH3 is 1. The Bertz CT molecular complexity index is 864. The molecular weight excluding hydrogens is 346 g/mol. The van der Waals surface area contributed by atoms with Gasteiger partial charge in [-0.15, -0.1) is 10.2 Å². The number of hydrogen-bond donors (Lipinski definition) is 0. The van der Waals surface area contributed by atoms with E-state index in [1.54, 1.807) is 18.9 Å². The van der Waals surface area contributed by atoms with Gasteiger partial charge in [0.15, 0.2) is 11.0 Å². The second kappa shape index (κ2) is 8.76. The van der Waals surface area contributed by atoms with Gasteiger partial charge in [0, 0.05) is 12.3 Å². The maximum Gasteiger partial charge on any atom is 0.191 e. The van der Waals surface area contributed by atoms with Crippen molar-refractivity contribution in [2.45, 2.75) is 25.5 Å². The first-order valence-corrected chi connectivity index (χ1v) is 9.60. The van der Waals surface area contributed by atoms with E-state index >= 15 is 0 Å². The van der Waals surface area contributed by atoms with Crippen molar-refractivity contribution in [3.8, 4) is 22.9 Å². The van der Waals surface area contributed by atoms with Crippen molar-refractivity contribution in [3.63, 3.8) is 0 Å². The summed E-state index contributed by atoms with van der Waals surface area (Å²) < 4.78 is 13.4. The number of rotatable bonds is 8. The Balaban J connectivity index is 1.67. The average molecular weight is 369 g/mol. The Labute approximate surface area is 158 Å². The van der Waals surface area contributed by atoms with Gasteiger partial charge in [0.2, 0.25) is 0 Å². The second-order valence-corrected chi connectivity index (χ2v) is 6.83. The van der Waals surface area contributed by atoms with Gasteiger partial charge in [-0.3, -0.25) is 0 Å². The fourth-order valence-corrected chi connectivity index (χ4v) is 3.53. The topological polar surface area (TPSA) is 49.2 Å². The number of ether oxygens (including phenoxy) is 2. The molecule has 0 atom stereocenters. The van der Waals surface area contributed by atoms with Crippen LogP contribution in [0, 0.1) is 6.92 Å². The summed E-state index contributed by atoms with van der Waals surface area (Å²) in [5, 5.41) is 9.64. The van der Waals surface area contributed by atoms with Gasteiger partial charge >= 0.3 is 0 Å². The summed E-state index contributed by atoms with van der Waals surface area (Å²) in [7, 11) is 1.67. The van der Waals surface area contributed by atoms with Crippen molar-refractivity contribution in [1.82, 2.24) is 14.8 Å². The summed E-state index contributed by atoms with van der Waals surface area (Å²) in [5.74, 6) is 3.33. The number of aromatic nitrogens is 3. The highest BCUT2D eigenvalue weighted by Gasteiger charge is 2.16. The summed E-state index contributed by atoms with van der Waals surface area (Å²) in [6.07, 6.45) is 0. The van der Waals surface area contributed by atoms with Gasteiger partial charge in [-0.2, -0.15) is 0 Å². The monoisotopic (exact) mass is 369 g/mol. The molecule has 0 saturated carbocycles. The summed E-state index contributed by atoms with van der Waals surface area (Å²) in [6, 6.07) is 16.0. The lowest BCUT2D eigenvalue weighted by molar-refractivity contribution is 0.343. The highest BCUT2D eigenvalue weighted by molar-refractivity contribution is 7.99. The van der Waals surface area contributed by atoms with E-state index < -0.39 is 0 Å². The molecule has 0 aliphatic carbocycles. The highest BCUT2D eigenvalue weighted by atomic mass is 32.2. The number of benzene rings is 2. The van der Waals surface area contributed by atoms with Gasteiger partial charge in [-0.25, -0.2) is 0 Å². The first-order valence-electron chi connectivity index (χ1n) is 8.61. The molecule has 0 amide bonds. The number of hydrogen-bond acceptors (Lipinski definition) is 5. The molecule has 3 aromatic rings. The van der Waals surface area contributed by atoms with Crippen molar-refractivity contribution in [2.75, 3.05) is 19.5 Å². The smallest absolute Gasteiger partial charge is 0.191 e. The standard InChI is InChI=1S/C20H23N3O2S/c1-4-23-19(17-10-5-6-11-18(17)24-3)21-22-20(23)26-13-12-25-16-9-7-8-15(2)14-16/h5-11,14H,4,12-13H2,1-3H3. The Morgan fingerprint density at radius 2 is 1.92 bits per heavy atom. The number of thioether (sulfide) groups is 1. The second-order valence-electron chi connectivity index (χ2n) is 5.76. The molecule has 1 aromatic heterocycles. The molecule has 3 rings (SSSR count). The number of aryl methyl sites for hydroxylation is 1. The van der Waals surface area contributed by atoms with Crippen LogP contribution in [0.2, 0.25) is 0 Å². The zero-order chi connectivity index (χ0) is 18.4. The lowest BCUT2D eigenvalue weighted by Gasteiger charge is -2.10. The van der Waals surface area contributed by atoms with E-state index in [9.17, 15) is 0 Å². The quantitative estimate of drug-likeness (QED) is 0.434. The minimum atomic E-state index is 0.620. The van der Waals surface area contributed by atoms with E-state index in [0.717, 1.165) is 40.3 Å². The van der Waals surface area contributed by atoms with Crippen LogP contribution in [0.3, 0.4) is 0 Å². The fourth-order valence-electron chi connectivity index (χ4n) is 2.71. The number of nitrogens with zero attached hydrogens (tertiary/aromatic N) is 3. The van der Waals surface area contributed by atoms with E-state index in [0.29, 0.717) is 6.61 Å². The molecule has 0 aliphatic rings. The van der Waals surface area contributed by atoms with Crippen LogP contribution in [0.5, 0.6) is 11.5 Å². The first kappa shape index (κ1) is 18.3. The van der Waals surface area contributed by atoms with E-state index in [1.807, 2.05) is 42.5 Å². The maximum atomic E-state index is 5.81. The van der Waals surface area contributed by atoms with Crippen molar-refractivity contribution >= 4 is 11.8 Å². The van der Waals surface area contributed by atoms with Crippen LogP contribution in [-0.2, 0) is 6.54 Å². The van der Waals surface area contributed by atoms with Gasteiger partial charge in [-0.1, -0.05) is 36.0 Å². The van der Waals surface area contributed by atoms with Crippen molar-refractivity contribution < 1.29 is 9.47 Å². The average Bonchev–Trinajstić information content (AvgIpc) is 3.08. The Morgan fingerprint density at radius 3 is 2.69 bits per heavy atom. The minimum Gasteiger partial charge on any atom is -0.496 e. The molecule has 1 heterocycles. The molecule has 0 aliphatic heterocycles. The molecule has 0 unspecified atom stereocenters. The van der Waals surface area contributed by atoms with Gasteiger partial charge in [0.05, 0.1) is 19.3 Å². The molecule has 136 valence electrons. The lowest BCUT2D eigenvalue weighted by Crippen LogP contribution is -2.04. The van der Waals surface area contributed by atoms with Crippen LogP contribution >= 0.6 is 11.8 Å². The first-order chi connectivity index (χ1) is 12.7. The lowest BCUT2D eigenvalue weighted by atomic mass is 10.2. The predicted molar refractivity (Wildman–Crippen MR) is 105 cm³/mol. The molecule has 2 aromatic carbocycles. The van der Waals surface area contributed by atoms with Gasteiger partial charge in [-0.05, 0) is 43.7 Å². The fraction of sp³-hybridized carbons (Fsp3) is 0.300. The molecule has 0 radical (unpaired) electrons. The minimum absolute atomic E-state index is 0.620. The van der Waals surface area contributed by atoms with Crippen LogP contribution in [0.1, 0.15) is 12.5 Å². The maximum absolute atomic E-state index is 5.81. The molecule has 6 heteroatoms. The summed E-state index contributed by atoms with van der Waals surface area (Å²) >= 11 is 1.65. The predicted octanol–water partition coefficient (Wildman–Crippen LogP) is 4.45. The molecule has 0 N–H and O–H groups in total. The van der Waals surface area contributed by atoms with Crippen LogP contribution in [0.15, 0.2) is 53.7 Å². The Hall–Kier alpha value is -2.47. The third kappa shape index (κ3) is 4.19. The zero-order valence-corrected chi connectivity index (χ0v) is 16.1. The molecule has 0 saturated heterocycles. The van der Waals surface area contributed by atoms with Gasteiger partial charge in [0.1, 0.15) is 11.5 Å². The normalized spacial score (nSPS) is 10.7. The summed E-state index contributed by atoms with van der Waals surface area (Å²) in [4.78, 5) is 0. The molecule has 0 spiro atoms. The Kier molecular flexibility index (Phi) is 6.17. The van der Waals surface area contributed by atoms with Gasteiger partial charge in [0.25, 0.3) is 0 Å². The SMILES string of the molecule is CCn1c(SCCOc2cccc(C)c2)nnc1-c1ccccc1OC. The van der Waals surface area contributed by atoms with E-state index in [4.69, 9.17) is 9.47 Å². The van der Waals surface area contributed by atoms with E-state index in [2.05, 4.69) is 34.7 Å². The van der Waals surface area contributed by atoms with Crippen LogP contribution < -0.4 is 9.47 Å². The van der Waals surface area contributed by atoms with Crippen LogP contribution in [0.4, 0.5) is 0 Å². The van der Waals surface area contributed by atoms with E-state index in [-0.39, 0.29) is 0 Å². The van der Waals surface area contributed by atoms with E-state index in [1.165, 1.54) is 5.56 Å². The molecule has 0 fully saturated rings. The largest absolute Gasteiger partial charge is 0.496 e. The van der Waals surface area contributed by atoms with Crippen LogP contribution in [0.25, 0.3) is 11.4 Å². The summed E-state index contributed by atoms with van der Waals surface area (Å²) in [5.41, 5.74) is 2.15.